The summed E-state index contributed by atoms with van der Waals surface area (Å²) in [7, 11) is 0. The van der Waals surface area contributed by atoms with Crippen LogP contribution in [0.4, 0.5) is 0 Å². The van der Waals surface area contributed by atoms with Crippen molar-refractivity contribution in [3.8, 4) is 0 Å². The minimum absolute atomic E-state index is 0.131. The summed E-state index contributed by atoms with van der Waals surface area (Å²) in [4.78, 5) is 14.9. The van der Waals surface area contributed by atoms with Gasteiger partial charge in [-0.05, 0) is 30.9 Å². The van der Waals surface area contributed by atoms with Crippen molar-refractivity contribution in [2.24, 2.45) is 0 Å². The largest absolute Gasteiger partial charge is 0.378 e. The number of unbranched alkanes of at least 4 members (excludes halogenated alkanes) is 3. The maximum atomic E-state index is 13.0. The second-order valence-corrected chi connectivity index (χ2v) is 7.81. The number of benzene rings is 2. The molecule has 4 rings (SSSR count). The van der Waals surface area contributed by atoms with Crippen LogP contribution in [-0.4, -0.2) is 41.7 Å². The molecule has 1 aliphatic rings. The molecule has 3 aromatic rings. The number of hydrogen-bond donors (Lipinski definition) is 0. The first-order valence-electron chi connectivity index (χ1n) is 10.8. The van der Waals surface area contributed by atoms with E-state index in [0.29, 0.717) is 26.3 Å². The van der Waals surface area contributed by atoms with Crippen molar-refractivity contribution in [3.63, 3.8) is 0 Å². The maximum absolute atomic E-state index is 13.0. The van der Waals surface area contributed by atoms with Gasteiger partial charge in [0.15, 0.2) is 0 Å². The van der Waals surface area contributed by atoms with E-state index in [0.717, 1.165) is 35.9 Å². The molecular weight excluding hydrogens is 360 g/mol. The molecule has 0 N–H and O–H groups in total. The number of para-hydroxylation sites is 1. The lowest BCUT2D eigenvalue weighted by molar-refractivity contribution is 0.0304. The molecule has 1 amide bonds. The summed E-state index contributed by atoms with van der Waals surface area (Å²) in [6, 6.07) is 19.0. The van der Waals surface area contributed by atoms with Crippen LogP contribution in [0.15, 0.2) is 60.8 Å². The van der Waals surface area contributed by atoms with Crippen LogP contribution in [0.3, 0.4) is 0 Å². The summed E-state index contributed by atoms with van der Waals surface area (Å²) < 4.78 is 7.66. The Hall–Kier alpha value is -2.59. The second-order valence-electron chi connectivity index (χ2n) is 7.81. The highest BCUT2D eigenvalue weighted by molar-refractivity contribution is 6.07. The van der Waals surface area contributed by atoms with E-state index >= 15 is 0 Å². The van der Waals surface area contributed by atoms with Crippen molar-refractivity contribution < 1.29 is 9.53 Å². The molecule has 0 spiro atoms. The molecular formula is C25H30N2O2. The summed E-state index contributed by atoms with van der Waals surface area (Å²) in [6.07, 6.45) is 8.05. The Morgan fingerprint density at radius 2 is 1.59 bits per heavy atom. The van der Waals surface area contributed by atoms with Gasteiger partial charge < -0.3 is 14.2 Å². The monoisotopic (exact) mass is 390 g/mol. The van der Waals surface area contributed by atoms with Gasteiger partial charge in [-0.15, -0.1) is 0 Å². The van der Waals surface area contributed by atoms with E-state index in [9.17, 15) is 4.79 Å². The molecule has 1 saturated heterocycles. The number of rotatable bonds is 8. The van der Waals surface area contributed by atoms with E-state index < -0.39 is 0 Å². The van der Waals surface area contributed by atoms with E-state index in [-0.39, 0.29) is 5.91 Å². The van der Waals surface area contributed by atoms with Gasteiger partial charge in [0.05, 0.1) is 18.8 Å². The van der Waals surface area contributed by atoms with E-state index in [1.165, 1.54) is 24.8 Å². The summed E-state index contributed by atoms with van der Waals surface area (Å²) in [5.41, 5.74) is 3.41. The summed E-state index contributed by atoms with van der Waals surface area (Å²) in [6.45, 7) is 3.59. The van der Waals surface area contributed by atoms with Crippen LogP contribution in [0, 0.1) is 0 Å². The van der Waals surface area contributed by atoms with Gasteiger partial charge in [-0.1, -0.05) is 61.4 Å². The molecule has 4 nitrogen and oxygen atoms in total. The Kier molecular flexibility index (Phi) is 6.63. The molecule has 29 heavy (non-hydrogen) atoms. The van der Waals surface area contributed by atoms with Crippen LogP contribution in [0.1, 0.15) is 41.6 Å². The lowest BCUT2D eigenvalue weighted by Crippen LogP contribution is -2.40. The number of hydrogen-bond acceptors (Lipinski definition) is 2. The third kappa shape index (κ3) is 4.88. The quantitative estimate of drug-likeness (QED) is 0.512. The smallest absolute Gasteiger partial charge is 0.256 e. The SMILES string of the molecule is O=C(c1cn(CCCCCCc2ccccc2)c2ccccc12)N1CCOCC1. The van der Waals surface area contributed by atoms with E-state index in [1.807, 2.05) is 11.0 Å². The normalized spacial score (nSPS) is 14.4. The van der Waals surface area contributed by atoms with Gasteiger partial charge in [0.25, 0.3) is 5.91 Å². The van der Waals surface area contributed by atoms with Gasteiger partial charge >= 0.3 is 0 Å². The van der Waals surface area contributed by atoms with Crippen LogP contribution in [0.2, 0.25) is 0 Å². The molecule has 2 aromatic carbocycles. The number of carbonyl (C=O) groups excluding carboxylic acids is 1. The topological polar surface area (TPSA) is 34.5 Å². The van der Waals surface area contributed by atoms with E-state index in [4.69, 9.17) is 4.74 Å². The van der Waals surface area contributed by atoms with E-state index in [1.54, 1.807) is 0 Å². The third-order valence-corrected chi connectivity index (χ3v) is 5.77. The molecule has 0 atom stereocenters. The zero-order valence-electron chi connectivity index (χ0n) is 17.1. The van der Waals surface area contributed by atoms with Crippen LogP contribution >= 0.6 is 0 Å². The van der Waals surface area contributed by atoms with Gasteiger partial charge in [0, 0.05) is 36.7 Å². The Bertz CT molecular complexity index is 926. The molecule has 0 radical (unpaired) electrons. The number of ether oxygens (including phenoxy) is 1. The summed E-state index contributed by atoms with van der Waals surface area (Å²) in [5, 5.41) is 1.06. The van der Waals surface area contributed by atoms with Gasteiger partial charge in [-0.25, -0.2) is 0 Å². The predicted octanol–water partition coefficient (Wildman–Crippen LogP) is 4.92. The molecule has 1 aliphatic heterocycles. The van der Waals surface area contributed by atoms with Crippen molar-refractivity contribution in [3.05, 3.63) is 71.9 Å². The molecule has 1 aromatic heterocycles. The second kappa shape index (κ2) is 9.75. The fourth-order valence-corrected chi connectivity index (χ4v) is 4.15. The molecule has 4 heteroatoms. The van der Waals surface area contributed by atoms with Gasteiger partial charge in [0.1, 0.15) is 0 Å². The van der Waals surface area contributed by atoms with Crippen LogP contribution in [0.25, 0.3) is 10.9 Å². The molecule has 0 aliphatic carbocycles. The van der Waals surface area contributed by atoms with Crippen LogP contribution in [0.5, 0.6) is 0 Å². The van der Waals surface area contributed by atoms with Crippen LogP contribution in [-0.2, 0) is 17.7 Å². The Morgan fingerprint density at radius 3 is 2.41 bits per heavy atom. The first-order chi connectivity index (χ1) is 14.3. The Morgan fingerprint density at radius 1 is 0.862 bits per heavy atom. The third-order valence-electron chi connectivity index (χ3n) is 5.77. The zero-order valence-corrected chi connectivity index (χ0v) is 17.1. The average molecular weight is 391 g/mol. The standard InChI is InChI=1S/C25H30N2O2/c28-25(26-16-18-29-19-17-26)23-20-27(24-14-8-7-13-22(23)24)15-9-2-1-4-10-21-11-5-3-6-12-21/h3,5-8,11-14,20H,1-2,4,9-10,15-19H2. The number of morpholine rings is 1. The van der Waals surface area contributed by atoms with Gasteiger partial charge in [-0.2, -0.15) is 0 Å². The Labute approximate surface area is 173 Å². The minimum Gasteiger partial charge on any atom is -0.378 e. The highest BCUT2D eigenvalue weighted by Crippen LogP contribution is 2.24. The van der Waals surface area contributed by atoms with Gasteiger partial charge in [-0.3, -0.25) is 4.79 Å². The maximum Gasteiger partial charge on any atom is 0.256 e. The van der Waals surface area contributed by atoms with Crippen molar-refractivity contribution in [1.29, 1.82) is 0 Å². The van der Waals surface area contributed by atoms with Crippen molar-refractivity contribution >= 4 is 16.8 Å². The fraction of sp³-hybridized carbons (Fsp3) is 0.400. The number of aryl methyl sites for hydroxylation is 2. The highest BCUT2D eigenvalue weighted by atomic mass is 16.5. The summed E-state index contributed by atoms with van der Waals surface area (Å²) in [5.74, 6) is 0.131. The number of fused-ring (bicyclic) bond motifs is 1. The first kappa shape index (κ1) is 19.7. The number of nitrogens with zero attached hydrogens (tertiary/aromatic N) is 2. The van der Waals surface area contributed by atoms with Crippen LogP contribution < -0.4 is 0 Å². The van der Waals surface area contributed by atoms with Crippen molar-refractivity contribution in [2.75, 3.05) is 26.3 Å². The van der Waals surface area contributed by atoms with Crippen molar-refractivity contribution in [2.45, 2.75) is 38.6 Å². The average Bonchev–Trinajstić information content (AvgIpc) is 3.16. The highest BCUT2D eigenvalue weighted by Gasteiger charge is 2.22. The predicted molar refractivity (Wildman–Crippen MR) is 117 cm³/mol. The van der Waals surface area contributed by atoms with Gasteiger partial charge in [0.2, 0.25) is 0 Å². The molecule has 152 valence electrons. The Balaban J connectivity index is 1.34. The van der Waals surface area contributed by atoms with Crippen molar-refractivity contribution in [1.82, 2.24) is 9.47 Å². The summed E-state index contributed by atoms with van der Waals surface area (Å²) >= 11 is 0. The lowest BCUT2D eigenvalue weighted by Gasteiger charge is -2.26. The molecule has 0 saturated carbocycles. The zero-order chi connectivity index (χ0) is 19.9. The lowest BCUT2D eigenvalue weighted by atomic mass is 10.1. The van der Waals surface area contributed by atoms with E-state index in [2.05, 4.69) is 59.3 Å². The molecule has 1 fully saturated rings. The molecule has 0 bridgehead atoms. The fourth-order valence-electron chi connectivity index (χ4n) is 4.15. The minimum atomic E-state index is 0.131. The number of aromatic nitrogens is 1. The molecule has 2 heterocycles. The first-order valence-corrected chi connectivity index (χ1v) is 10.8. The molecule has 0 unspecified atom stereocenters. The number of carbonyl (C=O) groups is 1. The number of amides is 1.